The number of hydrogen-bond donors (Lipinski definition) is 12. The van der Waals surface area contributed by atoms with E-state index in [1.54, 1.807) is 47.0 Å². The van der Waals surface area contributed by atoms with E-state index < -0.39 is 161 Å². The highest BCUT2D eigenvalue weighted by molar-refractivity contribution is 8.04. The summed E-state index contributed by atoms with van der Waals surface area (Å²) in [6.07, 6.45) is -7.53. The summed E-state index contributed by atoms with van der Waals surface area (Å²) in [5, 5.41) is 30.4. The lowest BCUT2D eigenvalue weighted by Gasteiger charge is -2.37. The van der Waals surface area contributed by atoms with Gasteiger partial charge in [0.2, 0.25) is 36.1 Å². The van der Waals surface area contributed by atoms with Crippen LogP contribution in [0, 0.1) is 23.7 Å². The van der Waals surface area contributed by atoms with Gasteiger partial charge in [-0.25, -0.2) is 18.7 Å². The SMILES string of the molecule is CCC(CSC1CCC1SCC(CC(=O)CCOCCC(C)=O)C(=O)NCCC(=O)OCC(=O)Nc1ccn([C@@H]2O[C@H](COP(=O)(O)O)[C@@H](O)C2(F)F)c(=O)n1)C(N)=O.CCC(CSC1CCC1SCC(CC(=O)CCOCCC(C)=O)C(N)=O)C(=O)NCCC(=O)OCC(=O)Nc1ccn([C@@H]2O[C@H](COP(=O)(O)O)[C@@H](O)C2(F)F)c(=O)n1. The van der Waals surface area contributed by atoms with Crippen LogP contribution in [0.3, 0.4) is 0 Å². The second kappa shape index (κ2) is 49.4. The van der Waals surface area contributed by atoms with Crippen molar-refractivity contribution in [2.45, 2.75) is 187 Å². The van der Waals surface area contributed by atoms with Crippen LogP contribution >= 0.6 is 62.7 Å². The number of nitrogens with one attached hydrogen (secondary N) is 4. The number of esters is 2. The highest BCUT2D eigenvalue weighted by atomic mass is 32.2. The van der Waals surface area contributed by atoms with Gasteiger partial charge in [-0.15, -0.1) is 0 Å². The van der Waals surface area contributed by atoms with Crippen LogP contribution < -0.4 is 44.1 Å². The van der Waals surface area contributed by atoms with Crippen LogP contribution in [0.5, 0.6) is 0 Å². The molecule has 0 bridgehead atoms. The third-order valence-electron chi connectivity index (χ3n) is 18.3. The zero-order valence-corrected chi connectivity index (χ0v) is 69.7. The number of rotatable bonds is 54. The first-order valence-corrected chi connectivity index (χ1v) is 44.4. The summed E-state index contributed by atoms with van der Waals surface area (Å²) in [4.78, 5) is 213. The van der Waals surface area contributed by atoms with Gasteiger partial charge in [-0.1, -0.05) is 13.8 Å². The lowest BCUT2D eigenvalue weighted by Crippen LogP contribution is -2.42. The minimum absolute atomic E-state index is 0.00622. The quantitative estimate of drug-likeness (QED) is 0.0193. The summed E-state index contributed by atoms with van der Waals surface area (Å²) in [5.41, 5.74) is 8.34. The number of phosphoric acid groups is 2. The number of hydrogen-bond acceptors (Lipinski definition) is 32. The van der Waals surface area contributed by atoms with Gasteiger partial charge in [0, 0.05) is 120 Å². The molecule has 50 heteroatoms. The molecule has 14 N–H and O–H groups in total. The molecule has 2 aliphatic heterocycles. The molecule has 2 aromatic heterocycles. The molecular weight excluding hydrogens is 1700 g/mol. The van der Waals surface area contributed by atoms with Crippen molar-refractivity contribution in [1.29, 1.82) is 0 Å². The number of ketones is 4. The Kier molecular flexibility index (Phi) is 42.7. The molecule has 4 aliphatic rings. The van der Waals surface area contributed by atoms with Crippen LogP contribution in [0.1, 0.15) is 130 Å². The molecule has 6 amide bonds. The van der Waals surface area contributed by atoms with Crippen molar-refractivity contribution in [2.75, 3.05) is 99.6 Å². The molecule has 2 aromatic rings. The lowest BCUT2D eigenvalue weighted by molar-refractivity contribution is -0.147. The fourth-order valence-corrected chi connectivity index (χ4v) is 18.6. The zero-order chi connectivity index (χ0) is 87.8. The zero-order valence-electron chi connectivity index (χ0n) is 64.7. The maximum Gasteiger partial charge on any atom is 0.469 e. The van der Waals surface area contributed by atoms with Crippen LogP contribution in [-0.4, -0.2) is 266 Å². The molecule has 118 heavy (non-hydrogen) atoms. The predicted octanol–water partition coefficient (Wildman–Crippen LogP) is 1.41. The predicted molar refractivity (Wildman–Crippen MR) is 414 cm³/mol. The number of carbonyl (C=O) groups is 12. The first-order chi connectivity index (χ1) is 55.4. The molecule has 0 radical (unpaired) electrons. The van der Waals surface area contributed by atoms with E-state index in [2.05, 4.69) is 40.3 Å². The van der Waals surface area contributed by atoms with Crippen LogP contribution in [0.2, 0.25) is 0 Å². The number of alkyl halides is 4. The number of Topliss-reactive ketones (excluding diaryl/α,β-unsaturated/α-hetero) is 4. The number of phosphoric ester groups is 2. The fraction of sp³-hybridized carbons (Fsp3) is 0.706. The van der Waals surface area contributed by atoms with Crippen LogP contribution in [-0.2, 0) is 104 Å². The number of nitrogens with zero attached hydrogens (tertiary/aromatic N) is 4. The standard InChI is InChI=1S/2C34H50F2N5O15PS2/c1-3-20(17-58-24-4-5-25(24)59-18-21(30(37)47)14-22(43)9-13-53-12-8-19(2)42)31(48)38-10-6-28(45)54-16-27(44)39-26-7-11-41(33(49)40-26)32-34(35,36)29(46)23(56-32)15-55-57(50,51)52;1-3-20(30(37)47)17-58-24-4-5-25(24)59-18-21(14-22(43)9-13-53-12-8-19(2)42)31(48)38-10-6-28(45)54-16-27(44)39-26-7-11-41(33(49)40-26)32-34(35,36)29(46)23(56-32)15-55-57(50,51)52/h2*7,11,20-21,23-25,29,32,46H,3-6,8-10,12-18H2,1-2H3,(H2,37,47)(H,38,48)(H2,50,51,52)(H,39,40,44,49)/t2*20?,21?,23-,24?,25?,29-,32-/m11/s1. The second-order valence-corrected chi connectivity index (χ2v) is 35.1. The first-order valence-electron chi connectivity index (χ1n) is 37.1. The maximum atomic E-state index is 14.7. The van der Waals surface area contributed by atoms with Crippen molar-refractivity contribution >= 4 is 145 Å². The van der Waals surface area contributed by atoms with E-state index in [0.29, 0.717) is 40.4 Å². The summed E-state index contributed by atoms with van der Waals surface area (Å²) in [6.45, 7) is 3.16. The molecule has 0 spiro atoms. The molecule has 664 valence electrons. The number of aliphatic hydroxyl groups excluding tert-OH is 2. The van der Waals surface area contributed by atoms with Gasteiger partial charge >= 0.3 is 50.8 Å². The summed E-state index contributed by atoms with van der Waals surface area (Å²) in [7, 11) is -10.2. The van der Waals surface area contributed by atoms with Gasteiger partial charge in [-0.2, -0.15) is 74.6 Å². The summed E-state index contributed by atoms with van der Waals surface area (Å²) in [5.74, 6) is -14.9. The maximum absolute atomic E-state index is 14.7. The van der Waals surface area contributed by atoms with E-state index in [9.17, 15) is 104 Å². The van der Waals surface area contributed by atoms with Gasteiger partial charge in [0.15, 0.2) is 25.4 Å². The van der Waals surface area contributed by atoms with Gasteiger partial charge in [-0.05, 0) is 64.5 Å². The molecule has 2 saturated heterocycles. The summed E-state index contributed by atoms with van der Waals surface area (Å²) in [6, 6.07) is 1.87. The average Bonchev–Trinajstić information content (AvgIpc) is 1.62. The number of anilines is 2. The number of nitrogens with two attached hydrogens (primary N) is 2. The van der Waals surface area contributed by atoms with Crippen LogP contribution in [0.15, 0.2) is 34.1 Å². The number of primary amides is 2. The molecule has 2 aliphatic carbocycles. The molecule has 4 fully saturated rings. The van der Waals surface area contributed by atoms with Crippen molar-refractivity contribution in [1.82, 2.24) is 29.7 Å². The van der Waals surface area contributed by atoms with Gasteiger partial charge in [0.05, 0.1) is 64.3 Å². The van der Waals surface area contributed by atoms with Crippen LogP contribution in [0.4, 0.5) is 29.2 Å². The Bertz CT molecular complexity index is 4000. The van der Waals surface area contributed by atoms with E-state index in [1.165, 1.54) is 13.8 Å². The molecular formula is C68H100F4N10O30P2S4. The highest BCUT2D eigenvalue weighted by Crippen LogP contribution is 2.48. The topological polar surface area (TPSA) is 604 Å². The molecule has 2 saturated carbocycles. The molecule has 14 atom stereocenters. The Morgan fingerprint density at radius 2 is 0.881 bits per heavy atom. The van der Waals surface area contributed by atoms with E-state index in [4.69, 9.17) is 59.5 Å². The Morgan fingerprint density at radius 1 is 0.542 bits per heavy atom. The third kappa shape index (κ3) is 35.0. The number of amides is 6. The van der Waals surface area contributed by atoms with Gasteiger partial charge in [0.25, 0.3) is 11.8 Å². The number of aromatic nitrogens is 4. The Balaban J connectivity index is 0.000000420. The third-order valence-corrected chi connectivity index (χ3v) is 26.0. The monoisotopic (exact) mass is 1800 g/mol. The number of ether oxygens (including phenoxy) is 6. The highest BCUT2D eigenvalue weighted by Gasteiger charge is 2.61. The lowest BCUT2D eigenvalue weighted by atomic mass is 9.99. The Morgan fingerprint density at radius 3 is 1.22 bits per heavy atom. The molecule has 40 nitrogen and oxygen atoms in total. The number of carbonyl (C=O) groups excluding carboxylic acids is 12. The molecule has 8 unspecified atom stereocenters. The van der Waals surface area contributed by atoms with E-state index in [0.717, 1.165) is 50.2 Å². The van der Waals surface area contributed by atoms with Crippen LogP contribution in [0.25, 0.3) is 0 Å². The smallest absolute Gasteiger partial charge is 0.456 e. The normalized spacial score (nSPS) is 22.1. The average molecular weight is 1800 g/mol. The van der Waals surface area contributed by atoms with E-state index in [-0.39, 0.29) is 163 Å². The van der Waals surface area contributed by atoms with Crippen molar-refractivity contribution < 1.29 is 151 Å². The molecule has 6 rings (SSSR count). The Labute approximate surface area is 690 Å². The summed E-state index contributed by atoms with van der Waals surface area (Å²) < 4.78 is 120. The number of aliphatic hydroxyl groups is 2. The van der Waals surface area contributed by atoms with Crippen molar-refractivity contribution in [3.63, 3.8) is 0 Å². The molecule has 0 aromatic carbocycles. The van der Waals surface area contributed by atoms with Crippen molar-refractivity contribution in [3.05, 3.63) is 45.5 Å². The van der Waals surface area contributed by atoms with E-state index >= 15 is 0 Å². The van der Waals surface area contributed by atoms with Gasteiger partial charge in [0.1, 0.15) is 47.0 Å². The number of thioether (sulfide) groups is 4. The van der Waals surface area contributed by atoms with Gasteiger partial charge < -0.3 is 90.9 Å². The first kappa shape index (κ1) is 102. The minimum atomic E-state index is -5.09. The second-order valence-electron chi connectivity index (χ2n) is 27.5. The minimum Gasteiger partial charge on any atom is -0.456 e. The van der Waals surface area contributed by atoms with Crippen molar-refractivity contribution in [2.24, 2.45) is 35.1 Å². The van der Waals surface area contributed by atoms with Gasteiger partial charge in [-0.3, -0.25) is 75.7 Å². The Hall–Kier alpha value is -6.70. The van der Waals surface area contributed by atoms with Crippen molar-refractivity contribution in [3.8, 4) is 0 Å². The summed E-state index contributed by atoms with van der Waals surface area (Å²) >= 11 is 6.45. The largest absolute Gasteiger partial charge is 0.469 e. The fourth-order valence-electron chi connectivity index (χ4n) is 11.1. The number of halogens is 4. The van der Waals surface area contributed by atoms with E-state index in [1.807, 2.05) is 13.8 Å². The molecule has 4 heterocycles.